The number of rotatable bonds is 3. The molecule has 58 valence electrons. The molecule has 0 spiro atoms. The number of aromatic nitrogens is 1. The van der Waals surface area contributed by atoms with Gasteiger partial charge in [0.05, 0.1) is 5.51 Å². The van der Waals surface area contributed by atoms with Crippen molar-refractivity contribution >= 4 is 17.2 Å². The molecular weight excluding hydrogens is 160 g/mol. The third-order valence-electron chi connectivity index (χ3n) is 1.07. The van der Waals surface area contributed by atoms with Crippen LogP contribution in [-0.4, -0.2) is 17.4 Å². The van der Waals surface area contributed by atoms with Crippen molar-refractivity contribution in [1.29, 1.82) is 0 Å². The Labute approximate surface area is 68.8 Å². The summed E-state index contributed by atoms with van der Waals surface area (Å²) in [6, 6.07) is 0. The molecule has 11 heavy (non-hydrogen) atoms. The van der Waals surface area contributed by atoms with Gasteiger partial charge in [0.2, 0.25) is 0 Å². The lowest BCUT2D eigenvalue weighted by Gasteiger charge is -1.96. The van der Waals surface area contributed by atoms with Crippen molar-refractivity contribution in [3.05, 3.63) is 29.2 Å². The summed E-state index contributed by atoms with van der Waals surface area (Å²) in [5, 5.41) is 4.33. The van der Waals surface area contributed by atoms with Crippen LogP contribution in [0.1, 0.15) is 10.5 Å². The van der Waals surface area contributed by atoms with Crippen LogP contribution >= 0.6 is 11.3 Å². The summed E-state index contributed by atoms with van der Waals surface area (Å²) in [5.74, 6) is -0.147. The van der Waals surface area contributed by atoms with Crippen LogP contribution in [-0.2, 0) is 0 Å². The molecule has 0 aliphatic heterocycles. The fourth-order valence-electron chi connectivity index (χ4n) is 0.580. The number of nitrogens with zero attached hydrogens (tertiary/aromatic N) is 1. The first-order chi connectivity index (χ1) is 5.34. The molecule has 0 bridgehead atoms. The molecule has 0 aliphatic rings. The second kappa shape index (κ2) is 3.88. The molecule has 0 unspecified atom stereocenters. The van der Waals surface area contributed by atoms with Gasteiger partial charge in [-0.1, -0.05) is 6.08 Å². The van der Waals surface area contributed by atoms with Gasteiger partial charge in [0.25, 0.3) is 5.91 Å². The molecule has 0 atom stereocenters. The Hall–Kier alpha value is -1.16. The number of nitrogens with one attached hydrogen (secondary N) is 1. The van der Waals surface area contributed by atoms with E-state index in [1.165, 1.54) is 11.3 Å². The molecule has 0 radical (unpaired) electrons. The second-order valence-corrected chi connectivity index (χ2v) is 2.59. The minimum absolute atomic E-state index is 0.147. The lowest BCUT2D eigenvalue weighted by atomic mass is 10.4. The van der Waals surface area contributed by atoms with Crippen molar-refractivity contribution in [1.82, 2.24) is 10.3 Å². The average Bonchev–Trinajstić information content (AvgIpc) is 2.52. The molecule has 1 heterocycles. The molecule has 0 fully saturated rings. The van der Waals surface area contributed by atoms with E-state index in [1.54, 1.807) is 17.0 Å². The van der Waals surface area contributed by atoms with E-state index in [9.17, 15) is 4.79 Å². The van der Waals surface area contributed by atoms with Crippen molar-refractivity contribution in [3.8, 4) is 0 Å². The highest BCUT2D eigenvalue weighted by Gasteiger charge is 2.03. The van der Waals surface area contributed by atoms with E-state index in [1.807, 2.05) is 0 Å². The lowest BCUT2D eigenvalue weighted by Crippen LogP contribution is -2.23. The number of carbonyl (C=O) groups excluding carboxylic acids is 1. The minimum atomic E-state index is -0.147. The van der Waals surface area contributed by atoms with Gasteiger partial charge < -0.3 is 5.32 Å². The highest BCUT2D eigenvalue weighted by molar-refractivity contribution is 7.07. The maximum atomic E-state index is 11.0. The summed E-state index contributed by atoms with van der Waals surface area (Å²) in [6.45, 7) is 3.96. The molecule has 1 rings (SSSR count). The van der Waals surface area contributed by atoms with Gasteiger partial charge in [-0.25, -0.2) is 4.98 Å². The molecule has 0 saturated carbocycles. The molecule has 0 aliphatic carbocycles. The van der Waals surface area contributed by atoms with Crippen LogP contribution < -0.4 is 5.32 Å². The molecule has 3 nitrogen and oxygen atoms in total. The van der Waals surface area contributed by atoms with Gasteiger partial charge in [-0.15, -0.1) is 17.9 Å². The molecule has 1 aromatic heterocycles. The highest BCUT2D eigenvalue weighted by Crippen LogP contribution is 1.99. The Bertz CT molecular complexity index is 243. The number of thiazole rings is 1. The van der Waals surface area contributed by atoms with Crippen molar-refractivity contribution in [3.63, 3.8) is 0 Å². The number of amides is 1. The van der Waals surface area contributed by atoms with Gasteiger partial charge in [-0.3, -0.25) is 4.79 Å². The summed E-state index contributed by atoms with van der Waals surface area (Å²) in [5.41, 5.74) is 2.10. The van der Waals surface area contributed by atoms with Crippen LogP contribution in [0.2, 0.25) is 0 Å². The summed E-state index contributed by atoms with van der Waals surface area (Å²) >= 11 is 1.40. The largest absolute Gasteiger partial charge is 0.347 e. The number of hydrogen-bond donors (Lipinski definition) is 1. The molecule has 0 saturated heterocycles. The monoisotopic (exact) mass is 168 g/mol. The maximum Gasteiger partial charge on any atom is 0.270 e. The second-order valence-electron chi connectivity index (χ2n) is 1.87. The Morgan fingerprint density at radius 3 is 3.27 bits per heavy atom. The normalized spacial score (nSPS) is 9.09. The van der Waals surface area contributed by atoms with Gasteiger partial charge in [-0.05, 0) is 0 Å². The summed E-state index contributed by atoms with van der Waals surface area (Å²) in [4.78, 5) is 14.9. The molecular formula is C7H8N2OS. The van der Waals surface area contributed by atoms with E-state index in [4.69, 9.17) is 0 Å². The first-order valence-corrected chi connectivity index (χ1v) is 4.06. The average molecular weight is 168 g/mol. The Morgan fingerprint density at radius 2 is 2.73 bits per heavy atom. The Kier molecular flexibility index (Phi) is 2.80. The zero-order chi connectivity index (χ0) is 8.10. The predicted molar refractivity (Wildman–Crippen MR) is 44.6 cm³/mol. The molecule has 4 heteroatoms. The van der Waals surface area contributed by atoms with Crippen LogP contribution in [0.3, 0.4) is 0 Å². The quantitative estimate of drug-likeness (QED) is 0.686. The fraction of sp³-hybridized carbons (Fsp3) is 0.143. The van der Waals surface area contributed by atoms with Crippen LogP contribution in [0.15, 0.2) is 23.5 Å². The van der Waals surface area contributed by atoms with Crippen LogP contribution in [0, 0.1) is 0 Å². The predicted octanol–water partition coefficient (Wildman–Crippen LogP) is 1.06. The first-order valence-electron chi connectivity index (χ1n) is 3.12. The minimum Gasteiger partial charge on any atom is -0.347 e. The van der Waals surface area contributed by atoms with Gasteiger partial charge in [0, 0.05) is 11.9 Å². The standard InChI is InChI=1S/C7H8N2OS/c1-2-3-8-7(10)6-4-11-5-9-6/h2,4-5H,1,3H2,(H,8,10). The smallest absolute Gasteiger partial charge is 0.270 e. The van der Waals surface area contributed by atoms with Crippen molar-refractivity contribution < 1.29 is 4.79 Å². The van der Waals surface area contributed by atoms with Gasteiger partial charge in [-0.2, -0.15) is 0 Å². The first kappa shape index (κ1) is 7.94. The van der Waals surface area contributed by atoms with E-state index in [0.29, 0.717) is 12.2 Å². The fourth-order valence-corrected chi connectivity index (χ4v) is 1.11. The molecule has 1 N–H and O–H groups in total. The van der Waals surface area contributed by atoms with Gasteiger partial charge in [0.1, 0.15) is 5.69 Å². The lowest BCUT2D eigenvalue weighted by molar-refractivity contribution is 0.0954. The van der Waals surface area contributed by atoms with Crippen molar-refractivity contribution in [2.75, 3.05) is 6.54 Å². The van der Waals surface area contributed by atoms with E-state index in [0.717, 1.165) is 0 Å². The van der Waals surface area contributed by atoms with E-state index < -0.39 is 0 Å². The van der Waals surface area contributed by atoms with Gasteiger partial charge >= 0.3 is 0 Å². The van der Waals surface area contributed by atoms with Crippen LogP contribution in [0.4, 0.5) is 0 Å². The number of carbonyl (C=O) groups is 1. The van der Waals surface area contributed by atoms with Crippen LogP contribution in [0.5, 0.6) is 0 Å². The van der Waals surface area contributed by atoms with Crippen molar-refractivity contribution in [2.24, 2.45) is 0 Å². The van der Waals surface area contributed by atoms with E-state index in [-0.39, 0.29) is 5.91 Å². The van der Waals surface area contributed by atoms with E-state index in [2.05, 4.69) is 16.9 Å². The van der Waals surface area contributed by atoms with Gasteiger partial charge in [0.15, 0.2) is 0 Å². The summed E-state index contributed by atoms with van der Waals surface area (Å²) in [6.07, 6.45) is 1.63. The van der Waals surface area contributed by atoms with Crippen molar-refractivity contribution in [2.45, 2.75) is 0 Å². The third kappa shape index (κ3) is 2.16. The molecule has 1 aromatic rings. The van der Waals surface area contributed by atoms with E-state index >= 15 is 0 Å². The Balaban J connectivity index is 2.49. The SMILES string of the molecule is C=CCNC(=O)c1cscn1. The topological polar surface area (TPSA) is 42.0 Å². The molecule has 0 aromatic carbocycles. The summed E-state index contributed by atoms with van der Waals surface area (Å²) < 4.78 is 0. The molecule has 1 amide bonds. The number of hydrogen-bond acceptors (Lipinski definition) is 3. The maximum absolute atomic E-state index is 11.0. The highest BCUT2D eigenvalue weighted by atomic mass is 32.1. The van der Waals surface area contributed by atoms with Crippen LogP contribution in [0.25, 0.3) is 0 Å². The third-order valence-corrected chi connectivity index (χ3v) is 1.66. The zero-order valence-corrected chi connectivity index (χ0v) is 6.73. The Morgan fingerprint density at radius 1 is 1.91 bits per heavy atom. The summed E-state index contributed by atoms with van der Waals surface area (Å²) in [7, 11) is 0. The zero-order valence-electron chi connectivity index (χ0n) is 5.91.